The van der Waals surface area contributed by atoms with E-state index in [9.17, 15) is 15.3 Å². The second kappa shape index (κ2) is 11.8. The quantitative estimate of drug-likeness (QED) is 0.333. The van der Waals surface area contributed by atoms with Crippen LogP contribution in [0.15, 0.2) is 0 Å². The van der Waals surface area contributed by atoms with Crippen LogP contribution in [-0.2, 0) is 18.9 Å². The summed E-state index contributed by atoms with van der Waals surface area (Å²) in [6.45, 7) is 22.8. The van der Waals surface area contributed by atoms with Crippen molar-refractivity contribution in [1.29, 1.82) is 0 Å². The number of likely N-dealkylation sites (N-methyl/N-ethyl adjacent to an activating group) is 1. The van der Waals surface area contributed by atoms with Crippen molar-refractivity contribution in [2.24, 2.45) is 50.7 Å². The van der Waals surface area contributed by atoms with Crippen LogP contribution in [0.4, 0.5) is 0 Å². The molecule has 0 radical (unpaired) electrons. The molecule has 9 heteroatoms. The van der Waals surface area contributed by atoms with E-state index in [1.165, 1.54) is 25.7 Å². The number of likely N-dealkylation sites (tertiary alicyclic amines) is 1. The molecule has 3 heterocycles. The molecule has 5 saturated carbocycles. The van der Waals surface area contributed by atoms with Crippen molar-refractivity contribution >= 4 is 0 Å². The Hall–Kier alpha value is -0.360. The summed E-state index contributed by atoms with van der Waals surface area (Å²) in [4.78, 5) is 4.52. The van der Waals surface area contributed by atoms with E-state index in [1.807, 2.05) is 20.8 Å². The molecule has 2 spiro atoms. The van der Waals surface area contributed by atoms with Crippen LogP contribution in [0.1, 0.15) is 107 Å². The number of β-amino-alcohol motifs (C(OH)–C–C–N with tert-alkyl or cyclic N) is 1. The summed E-state index contributed by atoms with van der Waals surface area (Å²) in [6, 6.07) is 0. The number of fused-ring (bicyclic) bond motifs is 4. The Morgan fingerprint density at radius 1 is 1.00 bits per heavy atom. The molecule has 8 aliphatic rings. The predicted octanol–water partition coefficient (Wildman–Crippen LogP) is 4.70. The minimum absolute atomic E-state index is 0.00587. The second-order valence-electron chi connectivity index (χ2n) is 20.6. The molecule has 9 nitrogen and oxygen atoms in total. The first-order valence-electron chi connectivity index (χ1n) is 20.4. The van der Waals surface area contributed by atoms with Crippen molar-refractivity contribution in [3.8, 4) is 0 Å². The van der Waals surface area contributed by atoms with Crippen LogP contribution in [0.2, 0.25) is 0 Å². The summed E-state index contributed by atoms with van der Waals surface area (Å²) in [7, 11) is 2.06. The summed E-state index contributed by atoms with van der Waals surface area (Å²) in [6.07, 6.45) is 7.68. The minimum Gasteiger partial charge on any atom is -0.390 e. The van der Waals surface area contributed by atoms with Gasteiger partial charge in [0.1, 0.15) is 11.7 Å². The molecule has 5 aliphatic carbocycles. The van der Waals surface area contributed by atoms with Crippen molar-refractivity contribution in [2.45, 2.75) is 155 Å². The lowest BCUT2D eigenvalue weighted by molar-refractivity contribution is -0.252. The first-order valence-corrected chi connectivity index (χ1v) is 20.4. The van der Waals surface area contributed by atoms with Crippen molar-refractivity contribution in [3.05, 3.63) is 0 Å². The van der Waals surface area contributed by atoms with E-state index in [2.05, 4.69) is 51.5 Å². The summed E-state index contributed by atoms with van der Waals surface area (Å²) in [5, 5.41) is 34.7. The SMILES string of the molecule is CCO[C@@H]([C@H]1C[C@@H](C)[C@H]2[C@H](O1)[C@H](O)[C@@]1(C)[C@@H]3CC[C@H]4C(C)(C)[C@@H](O[C@H]5CN(CC6(O)CN(C)C6)CCO5)CC[C@@]45C[C@@]35CC[C@]21C)C(C)(C)O. The smallest absolute Gasteiger partial charge is 0.170 e. The van der Waals surface area contributed by atoms with Crippen LogP contribution >= 0.6 is 0 Å². The second-order valence-corrected chi connectivity index (χ2v) is 20.6. The molecule has 286 valence electrons. The fraction of sp³-hybridized carbons (Fsp3) is 1.00. The number of aliphatic hydroxyl groups excluding tert-OH is 1. The highest BCUT2D eigenvalue weighted by molar-refractivity contribution is 5.33. The maximum Gasteiger partial charge on any atom is 0.170 e. The van der Waals surface area contributed by atoms with Gasteiger partial charge in [-0.3, -0.25) is 4.90 Å². The van der Waals surface area contributed by atoms with Crippen LogP contribution in [-0.4, -0.2) is 126 Å². The van der Waals surface area contributed by atoms with Crippen molar-refractivity contribution in [1.82, 2.24) is 9.80 Å². The summed E-state index contributed by atoms with van der Waals surface area (Å²) >= 11 is 0. The zero-order chi connectivity index (χ0) is 35.9. The van der Waals surface area contributed by atoms with Gasteiger partial charge in [-0.25, -0.2) is 0 Å². The van der Waals surface area contributed by atoms with E-state index in [1.54, 1.807) is 0 Å². The Balaban J connectivity index is 0.994. The minimum atomic E-state index is -1.02. The lowest BCUT2D eigenvalue weighted by atomic mass is 9.41. The first-order chi connectivity index (χ1) is 23.4. The topological polar surface area (TPSA) is 104 Å². The largest absolute Gasteiger partial charge is 0.390 e. The average Bonchev–Trinajstić information content (AvgIpc) is 3.65. The number of morpholine rings is 1. The van der Waals surface area contributed by atoms with E-state index < -0.39 is 23.4 Å². The Kier molecular flexibility index (Phi) is 8.65. The maximum atomic E-state index is 12.6. The van der Waals surface area contributed by atoms with Gasteiger partial charge in [-0.1, -0.05) is 34.6 Å². The molecule has 14 atom stereocenters. The highest BCUT2D eigenvalue weighted by atomic mass is 16.7. The van der Waals surface area contributed by atoms with Gasteiger partial charge in [0.2, 0.25) is 0 Å². The third-order valence-corrected chi connectivity index (χ3v) is 17.2. The van der Waals surface area contributed by atoms with E-state index in [0.717, 1.165) is 51.9 Å². The zero-order valence-corrected chi connectivity index (χ0v) is 32.7. The molecule has 8 rings (SSSR count). The Morgan fingerprint density at radius 2 is 1.70 bits per heavy atom. The van der Waals surface area contributed by atoms with Gasteiger partial charge in [0.05, 0.1) is 36.6 Å². The lowest BCUT2D eigenvalue weighted by Gasteiger charge is -2.64. The van der Waals surface area contributed by atoms with Gasteiger partial charge in [0, 0.05) is 44.7 Å². The summed E-state index contributed by atoms with van der Waals surface area (Å²) in [5.74, 6) is 1.76. The molecule has 0 amide bonds. The Bertz CT molecular complexity index is 1300. The van der Waals surface area contributed by atoms with Crippen LogP contribution in [0.3, 0.4) is 0 Å². The van der Waals surface area contributed by atoms with Crippen LogP contribution < -0.4 is 0 Å². The average molecular weight is 703 g/mol. The first kappa shape index (κ1) is 36.6. The zero-order valence-electron chi connectivity index (χ0n) is 32.7. The summed E-state index contributed by atoms with van der Waals surface area (Å²) in [5.41, 5.74) is -1.20. The molecule has 0 bridgehead atoms. The van der Waals surface area contributed by atoms with Gasteiger partial charge in [0.25, 0.3) is 0 Å². The molecular weight excluding hydrogens is 632 g/mol. The molecule has 3 aliphatic heterocycles. The molecule has 0 unspecified atom stereocenters. The standard InChI is InChI=1S/C41H70N2O7/c1-10-47-34(36(5,6)45)26-19-25(2)31-32(49-26)33(44)38(8)28-12-11-27-35(3,4)29(13-14-40(27)21-41(28,40)16-15-37(31,38)7)50-30-20-43(17-18-48-30)24-39(46)22-42(9)23-39/h25-34,44-46H,10-24H2,1-9H3/t25-,26-,27+,28+,29+,30+,31+,32+,33+,34+,37-,38-,40-,41+/m1/s1. The van der Waals surface area contributed by atoms with Crippen molar-refractivity contribution < 1.29 is 34.3 Å². The van der Waals surface area contributed by atoms with E-state index in [0.29, 0.717) is 48.8 Å². The predicted molar refractivity (Wildman–Crippen MR) is 191 cm³/mol. The fourth-order valence-electron chi connectivity index (χ4n) is 15.2. The number of hydrogen-bond acceptors (Lipinski definition) is 9. The number of hydrogen-bond donors (Lipinski definition) is 3. The molecule has 8 fully saturated rings. The van der Waals surface area contributed by atoms with Gasteiger partial charge in [-0.15, -0.1) is 0 Å². The van der Waals surface area contributed by atoms with Gasteiger partial charge >= 0.3 is 0 Å². The van der Waals surface area contributed by atoms with E-state index in [4.69, 9.17) is 18.9 Å². The molecule has 3 saturated heterocycles. The van der Waals surface area contributed by atoms with Crippen LogP contribution in [0.25, 0.3) is 0 Å². The maximum absolute atomic E-state index is 12.6. The number of ether oxygens (including phenoxy) is 4. The monoisotopic (exact) mass is 703 g/mol. The normalized spacial score (nSPS) is 51.7. The van der Waals surface area contributed by atoms with Crippen LogP contribution in [0.5, 0.6) is 0 Å². The number of rotatable bonds is 8. The van der Waals surface area contributed by atoms with Gasteiger partial charge in [-0.2, -0.15) is 0 Å². The number of nitrogens with zero attached hydrogens (tertiary/aromatic N) is 2. The molecule has 0 aromatic carbocycles. The molecule has 0 aromatic heterocycles. The van der Waals surface area contributed by atoms with Gasteiger partial charge in [0.15, 0.2) is 6.29 Å². The Labute approximate surface area is 302 Å². The third-order valence-electron chi connectivity index (χ3n) is 17.2. The van der Waals surface area contributed by atoms with E-state index >= 15 is 0 Å². The van der Waals surface area contributed by atoms with Crippen molar-refractivity contribution in [2.75, 3.05) is 53.0 Å². The van der Waals surface area contributed by atoms with Gasteiger partial charge in [-0.05, 0) is 125 Å². The van der Waals surface area contributed by atoms with E-state index in [-0.39, 0.29) is 46.3 Å². The van der Waals surface area contributed by atoms with Gasteiger partial charge < -0.3 is 39.2 Å². The third kappa shape index (κ3) is 5.02. The Morgan fingerprint density at radius 3 is 2.38 bits per heavy atom. The summed E-state index contributed by atoms with van der Waals surface area (Å²) < 4.78 is 26.3. The molecule has 3 N–H and O–H groups in total. The highest BCUT2D eigenvalue weighted by Crippen LogP contribution is 2.89. The number of aliphatic hydroxyl groups is 3. The molecule has 0 aromatic rings. The highest BCUT2D eigenvalue weighted by Gasteiger charge is 2.84. The fourth-order valence-corrected chi connectivity index (χ4v) is 15.2. The molecular formula is C41H70N2O7. The van der Waals surface area contributed by atoms with Crippen LogP contribution in [0, 0.1) is 50.7 Å². The molecule has 50 heavy (non-hydrogen) atoms. The lowest BCUT2D eigenvalue weighted by Crippen LogP contribution is -2.66. The van der Waals surface area contributed by atoms with Crippen molar-refractivity contribution in [3.63, 3.8) is 0 Å².